The molecule has 0 saturated heterocycles. The summed E-state index contributed by atoms with van der Waals surface area (Å²) in [4.78, 5) is 17.4. The molecule has 1 amide bonds. The minimum absolute atomic E-state index is 0.152. The van der Waals surface area contributed by atoms with Crippen LogP contribution in [0.5, 0.6) is 0 Å². The van der Waals surface area contributed by atoms with E-state index in [1.165, 1.54) is 24.3 Å². The van der Waals surface area contributed by atoms with Crippen LogP contribution in [0.25, 0.3) is 21.3 Å². The van der Waals surface area contributed by atoms with Gasteiger partial charge in [-0.3, -0.25) is 10.1 Å². The summed E-state index contributed by atoms with van der Waals surface area (Å²) in [5, 5.41) is 2.97. The van der Waals surface area contributed by atoms with Crippen LogP contribution in [-0.4, -0.2) is 25.6 Å². The van der Waals surface area contributed by atoms with E-state index in [0.29, 0.717) is 21.3 Å². The maximum absolute atomic E-state index is 12.9. The number of amides is 1. The van der Waals surface area contributed by atoms with E-state index in [-0.39, 0.29) is 15.6 Å². The lowest BCUT2D eigenvalue weighted by molar-refractivity contribution is -0.137. The summed E-state index contributed by atoms with van der Waals surface area (Å²) in [6, 6.07) is 15.6. The van der Waals surface area contributed by atoms with E-state index in [0.717, 1.165) is 29.7 Å². The average Bonchev–Trinajstić information content (AvgIpc) is 3.14. The number of thiazole rings is 1. The molecular weight excluding hydrogens is 461 g/mol. The fourth-order valence-electron chi connectivity index (χ4n) is 3.13. The zero-order valence-electron chi connectivity index (χ0n) is 16.5. The standard InChI is InChI=1S/C22H15F3N2O3S2/c1-32(29,30)15-10-11-18-19(12-15)31-21(26-18)27-20(28)17-5-3-2-4-16(17)13-6-8-14(9-7-13)22(23,24)25/h2-12H,1H3,(H,26,27,28). The number of hydrogen-bond acceptors (Lipinski definition) is 5. The first kappa shape index (κ1) is 22.0. The van der Waals surface area contributed by atoms with Crippen LogP contribution in [0.1, 0.15) is 15.9 Å². The molecule has 0 bridgehead atoms. The monoisotopic (exact) mass is 476 g/mol. The van der Waals surface area contributed by atoms with E-state index in [9.17, 15) is 26.4 Å². The molecule has 0 aliphatic rings. The minimum atomic E-state index is -4.45. The number of hydrogen-bond donors (Lipinski definition) is 1. The van der Waals surface area contributed by atoms with Gasteiger partial charge in [-0.15, -0.1) is 0 Å². The number of carbonyl (C=O) groups is 1. The smallest absolute Gasteiger partial charge is 0.298 e. The van der Waals surface area contributed by atoms with Gasteiger partial charge in [-0.25, -0.2) is 13.4 Å². The molecule has 10 heteroatoms. The number of anilines is 1. The molecule has 0 aliphatic heterocycles. The number of nitrogens with zero attached hydrogens (tertiary/aromatic N) is 1. The van der Waals surface area contributed by atoms with Gasteiger partial charge in [0.25, 0.3) is 5.91 Å². The number of aromatic nitrogens is 1. The second-order valence-corrected chi connectivity index (χ2v) is 10.0. The van der Waals surface area contributed by atoms with Crippen molar-refractivity contribution in [3.63, 3.8) is 0 Å². The number of fused-ring (bicyclic) bond motifs is 1. The summed E-state index contributed by atoms with van der Waals surface area (Å²) in [7, 11) is -3.38. The van der Waals surface area contributed by atoms with Crippen molar-refractivity contribution in [1.82, 2.24) is 4.98 Å². The predicted octanol–water partition coefficient (Wildman–Crippen LogP) is 5.64. The summed E-state index contributed by atoms with van der Waals surface area (Å²) in [6.45, 7) is 0. The lowest BCUT2D eigenvalue weighted by Crippen LogP contribution is -2.13. The first-order valence-electron chi connectivity index (χ1n) is 9.21. The van der Waals surface area contributed by atoms with Crippen molar-refractivity contribution in [3.8, 4) is 11.1 Å². The normalized spacial score (nSPS) is 12.1. The molecule has 0 spiro atoms. The molecule has 0 aliphatic carbocycles. The maximum atomic E-state index is 12.9. The van der Waals surface area contributed by atoms with E-state index < -0.39 is 27.5 Å². The number of rotatable bonds is 4. The van der Waals surface area contributed by atoms with Gasteiger partial charge in [-0.2, -0.15) is 13.2 Å². The van der Waals surface area contributed by atoms with Crippen LogP contribution in [0.2, 0.25) is 0 Å². The number of carbonyl (C=O) groups excluding carboxylic acids is 1. The van der Waals surface area contributed by atoms with Crippen LogP contribution in [0.3, 0.4) is 0 Å². The van der Waals surface area contributed by atoms with Gasteiger partial charge in [0.15, 0.2) is 15.0 Å². The molecule has 4 aromatic rings. The van der Waals surface area contributed by atoms with E-state index >= 15 is 0 Å². The molecule has 3 aromatic carbocycles. The van der Waals surface area contributed by atoms with Gasteiger partial charge >= 0.3 is 6.18 Å². The van der Waals surface area contributed by atoms with E-state index in [1.807, 2.05) is 0 Å². The molecule has 4 rings (SSSR count). The Morgan fingerprint density at radius 2 is 1.69 bits per heavy atom. The summed E-state index contributed by atoms with van der Waals surface area (Å²) < 4.78 is 62.6. The van der Waals surface area contributed by atoms with Crippen LogP contribution in [0.4, 0.5) is 18.3 Å². The molecule has 1 heterocycles. The largest absolute Gasteiger partial charge is 0.416 e. The second kappa shape index (κ2) is 8.03. The Morgan fingerprint density at radius 1 is 1.00 bits per heavy atom. The Labute approximate surface area is 185 Å². The maximum Gasteiger partial charge on any atom is 0.416 e. The molecule has 0 fully saturated rings. The highest BCUT2D eigenvalue weighted by molar-refractivity contribution is 7.90. The van der Waals surface area contributed by atoms with Crippen molar-refractivity contribution in [3.05, 3.63) is 77.9 Å². The van der Waals surface area contributed by atoms with Crippen molar-refractivity contribution in [2.24, 2.45) is 0 Å². The zero-order valence-corrected chi connectivity index (χ0v) is 18.1. The van der Waals surface area contributed by atoms with Gasteiger partial charge in [0.1, 0.15) is 0 Å². The zero-order chi connectivity index (χ0) is 23.1. The minimum Gasteiger partial charge on any atom is -0.298 e. The topological polar surface area (TPSA) is 76.1 Å². The van der Waals surface area contributed by atoms with Crippen LogP contribution < -0.4 is 5.32 Å². The first-order valence-corrected chi connectivity index (χ1v) is 11.9. The summed E-state index contributed by atoms with van der Waals surface area (Å²) in [5.41, 5.74) is 0.966. The van der Waals surface area contributed by atoms with E-state index in [4.69, 9.17) is 0 Å². The van der Waals surface area contributed by atoms with Gasteiger partial charge in [0, 0.05) is 11.8 Å². The van der Waals surface area contributed by atoms with Crippen molar-refractivity contribution >= 4 is 42.4 Å². The number of sulfone groups is 1. The third-order valence-corrected chi connectivity index (χ3v) is 6.75. The molecule has 1 N–H and O–H groups in total. The predicted molar refractivity (Wildman–Crippen MR) is 118 cm³/mol. The van der Waals surface area contributed by atoms with Crippen molar-refractivity contribution in [2.45, 2.75) is 11.1 Å². The molecular formula is C22H15F3N2O3S2. The van der Waals surface area contributed by atoms with Gasteiger partial charge in [-0.05, 0) is 47.5 Å². The molecule has 0 unspecified atom stereocenters. The molecule has 32 heavy (non-hydrogen) atoms. The van der Waals surface area contributed by atoms with Crippen LogP contribution in [0.15, 0.2) is 71.6 Å². The lowest BCUT2D eigenvalue weighted by atomic mass is 9.98. The average molecular weight is 477 g/mol. The number of alkyl halides is 3. The Bertz CT molecular complexity index is 1430. The van der Waals surface area contributed by atoms with Gasteiger partial charge < -0.3 is 0 Å². The van der Waals surface area contributed by atoms with Crippen molar-refractivity contribution in [2.75, 3.05) is 11.6 Å². The van der Waals surface area contributed by atoms with Crippen molar-refractivity contribution < 1.29 is 26.4 Å². The van der Waals surface area contributed by atoms with Crippen LogP contribution in [0, 0.1) is 0 Å². The summed E-state index contributed by atoms with van der Waals surface area (Å²) >= 11 is 1.12. The molecule has 0 radical (unpaired) electrons. The third kappa shape index (κ3) is 4.51. The molecule has 0 atom stereocenters. The highest BCUT2D eigenvalue weighted by Crippen LogP contribution is 2.33. The van der Waals surface area contributed by atoms with Crippen LogP contribution in [-0.2, 0) is 16.0 Å². The highest BCUT2D eigenvalue weighted by atomic mass is 32.2. The number of nitrogens with one attached hydrogen (secondary N) is 1. The van der Waals surface area contributed by atoms with E-state index in [1.54, 1.807) is 30.3 Å². The first-order chi connectivity index (χ1) is 15.0. The fraction of sp³-hybridized carbons (Fsp3) is 0.0909. The molecule has 164 valence electrons. The lowest BCUT2D eigenvalue weighted by Gasteiger charge is -2.11. The molecule has 1 aromatic heterocycles. The Kier molecular flexibility index (Phi) is 5.51. The fourth-order valence-corrected chi connectivity index (χ4v) is 4.75. The summed E-state index contributed by atoms with van der Waals surface area (Å²) in [6.07, 6.45) is -3.34. The Hall–Kier alpha value is -3.24. The Morgan fingerprint density at radius 3 is 2.34 bits per heavy atom. The molecule has 5 nitrogen and oxygen atoms in total. The summed E-state index contributed by atoms with van der Waals surface area (Å²) in [5.74, 6) is -0.483. The van der Waals surface area contributed by atoms with Gasteiger partial charge in [0.2, 0.25) is 0 Å². The number of halogens is 3. The van der Waals surface area contributed by atoms with E-state index in [2.05, 4.69) is 10.3 Å². The van der Waals surface area contributed by atoms with Gasteiger partial charge in [0.05, 0.1) is 20.7 Å². The van der Waals surface area contributed by atoms with Crippen LogP contribution >= 0.6 is 11.3 Å². The van der Waals surface area contributed by atoms with Gasteiger partial charge in [-0.1, -0.05) is 41.7 Å². The quantitative estimate of drug-likeness (QED) is 0.414. The number of benzene rings is 3. The highest BCUT2D eigenvalue weighted by Gasteiger charge is 2.30. The Balaban J connectivity index is 1.63. The molecule has 0 saturated carbocycles. The SMILES string of the molecule is CS(=O)(=O)c1ccc2nc(NC(=O)c3ccccc3-c3ccc(C(F)(F)F)cc3)sc2c1. The third-order valence-electron chi connectivity index (χ3n) is 4.70. The van der Waals surface area contributed by atoms with Crippen molar-refractivity contribution in [1.29, 1.82) is 0 Å². The second-order valence-electron chi connectivity index (χ2n) is 7.00.